The van der Waals surface area contributed by atoms with Crippen LogP contribution in [-0.4, -0.2) is 26.2 Å². The fourth-order valence-electron chi connectivity index (χ4n) is 2.92. The molecule has 0 fully saturated rings. The van der Waals surface area contributed by atoms with E-state index in [1.807, 2.05) is 30.3 Å². The summed E-state index contributed by atoms with van der Waals surface area (Å²) in [6.07, 6.45) is 2.06. The summed E-state index contributed by atoms with van der Waals surface area (Å²) in [6.45, 7) is 9.67. The number of hydrogen-bond donors (Lipinski definition) is 1. The standard InChI is InChI=1S/C25H34BrNO4/c1-6-18(4)20-8-10-22(21(26)14-20)31-16-25(28)27-15-19-7-9-23(24(13-19)29-5)30-12-11-17(2)3/h7-10,13-14,17-18H,6,11-12,15-16H2,1-5H3,(H,27,28). The first-order valence-corrected chi connectivity index (χ1v) is 11.6. The summed E-state index contributed by atoms with van der Waals surface area (Å²) in [7, 11) is 1.62. The third kappa shape index (κ3) is 8.09. The van der Waals surface area contributed by atoms with E-state index < -0.39 is 0 Å². The van der Waals surface area contributed by atoms with Gasteiger partial charge in [0.25, 0.3) is 5.91 Å². The van der Waals surface area contributed by atoms with Crippen molar-refractivity contribution in [1.29, 1.82) is 0 Å². The molecule has 1 unspecified atom stereocenters. The van der Waals surface area contributed by atoms with E-state index >= 15 is 0 Å². The Hall–Kier alpha value is -2.21. The average Bonchev–Trinajstić information content (AvgIpc) is 2.76. The monoisotopic (exact) mass is 491 g/mol. The molecule has 2 rings (SSSR count). The van der Waals surface area contributed by atoms with E-state index in [1.54, 1.807) is 7.11 Å². The third-order valence-electron chi connectivity index (χ3n) is 5.17. The quantitative estimate of drug-likeness (QED) is 0.390. The Morgan fingerprint density at radius 3 is 2.42 bits per heavy atom. The van der Waals surface area contributed by atoms with Crippen LogP contribution in [0.15, 0.2) is 40.9 Å². The Morgan fingerprint density at radius 1 is 1.03 bits per heavy atom. The van der Waals surface area contributed by atoms with E-state index in [1.165, 1.54) is 5.56 Å². The van der Waals surface area contributed by atoms with Gasteiger partial charge in [0.1, 0.15) is 5.75 Å². The highest BCUT2D eigenvalue weighted by Gasteiger charge is 2.11. The molecule has 5 nitrogen and oxygen atoms in total. The van der Waals surface area contributed by atoms with Crippen LogP contribution < -0.4 is 19.5 Å². The summed E-state index contributed by atoms with van der Waals surface area (Å²) in [6, 6.07) is 11.7. The van der Waals surface area contributed by atoms with Gasteiger partial charge < -0.3 is 19.5 Å². The number of halogens is 1. The molecule has 0 heterocycles. The van der Waals surface area contributed by atoms with Crippen LogP contribution in [0.2, 0.25) is 0 Å². The van der Waals surface area contributed by atoms with Gasteiger partial charge in [0.2, 0.25) is 0 Å². The first-order chi connectivity index (χ1) is 14.8. The Morgan fingerprint density at radius 2 is 1.77 bits per heavy atom. The molecular weight excluding hydrogens is 458 g/mol. The second-order valence-electron chi connectivity index (χ2n) is 8.08. The van der Waals surface area contributed by atoms with Gasteiger partial charge in [0.15, 0.2) is 18.1 Å². The van der Waals surface area contributed by atoms with E-state index in [0.29, 0.717) is 42.2 Å². The molecule has 2 aromatic rings. The molecule has 1 atom stereocenters. The second kappa shape index (κ2) is 12.6. The van der Waals surface area contributed by atoms with Gasteiger partial charge in [0.05, 0.1) is 18.2 Å². The normalized spacial score (nSPS) is 11.8. The van der Waals surface area contributed by atoms with E-state index in [9.17, 15) is 4.79 Å². The van der Waals surface area contributed by atoms with Gasteiger partial charge in [-0.1, -0.05) is 39.8 Å². The maximum Gasteiger partial charge on any atom is 0.258 e. The summed E-state index contributed by atoms with van der Waals surface area (Å²) >= 11 is 3.54. The lowest BCUT2D eigenvalue weighted by Gasteiger charge is -2.14. The predicted molar refractivity (Wildman–Crippen MR) is 128 cm³/mol. The van der Waals surface area contributed by atoms with Gasteiger partial charge in [-0.2, -0.15) is 0 Å². The van der Waals surface area contributed by atoms with Crippen molar-refractivity contribution < 1.29 is 19.0 Å². The first kappa shape index (κ1) is 25.1. The van der Waals surface area contributed by atoms with Crippen LogP contribution in [0.3, 0.4) is 0 Å². The Balaban J connectivity index is 1.85. The predicted octanol–water partition coefficient (Wildman–Crippen LogP) is 6.09. The highest BCUT2D eigenvalue weighted by atomic mass is 79.9. The van der Waals surface area contributed by atoms with Crippen LogP contribution in [0.4, 0.5) is 0 Å². The molecule has 0 bridgehead atoms. The second-order valence-corrected chi connectivity index (χ2v) is 8.94. The molecule has 0 aliphatic rings. The number of nitrogens with one attached hydrogen (secondary N) is 1. The summed E-state index contributed by atoms with van der Waals surface area (Å²) in [5.74, 6) is 2.92. The molecular formula is C25H34BrNO4. The van der Waals surface area contributed by atoms with Crippen LogP contribution in [0.25, 0.3) is 0 Å². The molecule has 0 saturated heterocycles. The van der Waals surface area contributed by atoms with Crippen LogP contribution in [0, 0.1) is 5.92 Å². The van der Waals surface area contributed by atoms with Crippen molar-refractivity contribution in [3.63, 3.8) is 0 Å². The molecule has 0 radical (unpaired) electrons. The molecule has 0 saturated carbocycles. The number of amides is 1. The lowest BCUT2D eigenvalue weighted by atomic mass is 9.99. The Labute approximate surface area is 194 Å². The minimum atomic E-state index is -0.186. The molecule has 0 spiro atoms. The van der Waals surface area contributed by atoms with Crippen molar-refractivity contribution in [2.45, 2.75) is 53.0 Å². The van der Waals surface area contributed by atoms with Crippen LogP contribution in [0.1, 0.15) is 57.6 Å². The Kier molecular flexibility index (Phi) is 10.2. The van der Waals surface area contributed by atoms with Gasteiger partial charge in [-0.25, -0.2) is 0 Å². The van der Waals surface area contributed by atoms with Crippen molar-refractivity contribution in [1.82, 2.24) is 5.32 Å². The number of benzene rings is 2. The summed E-state index contributed by atoms with van der Waals surface area (Å²) in [4.78, 5) is 12.2. The van der Waals surface area contributed by atoms with Gasteiger partial charge in [-0.15, -0.1) is 0 Å². The number of carbonyl (C=O) groups excluding carboxylic acids is 1. The van der Waals surface area contributed by atoms with Gasteiger partial charge in [0, 0.05) is 6.54 Å². The average molecular weight is 492 g/mol. The van der Waals surface area contributed by atoms with E-state index in [4.69, 9.17) is 14.2 Å². The zero-order valence-corrected chi connectivity index (χ0v) is 20.8. The van der Waals surface area contributed by atoms with Crippen molar-refractivity contribution in [3.8, 4) is 17.2 Å². The topological polar surface area (TPSA) is 56.8 Å². The molecule has 2 aromatic carbocycles. The molecule has 6 heteroatoms. The molecule has 0 aliphatic heterocycles. The van der Waals surface area contributed by atoms with Crippen molar-refractivity contribution in [3.05, 3.63) is 52.0 Å². The Bertz CT molecular complexity index is 853. The van der Waals surface area contributed by atoms with E-state index in [0.717, 1.165) is 22.9 Å². The van der Waals surface area contributed by atoms with Crippen LogP contribution >= 0.6 is 15.9 Å². The number of carbonyl (C=O) groups is 1. The zero-order chi connectivity index (χ0) is 22.8. The van der Waals surface area contributed by atoms with Crippen molar-refractivity contribution >= 4 is 21.8 Å². The number of hydrogen-bond acceptors (Lipinski definition) is 4. The SMILES string of the molecule is CCC(C)c1ccc(OCC(=O)NCc2ccc(OCCC(C)C)c(OC)c2)c(Br)c1. The summed E-state index contributed by atoms with van der Waals surface area (Å²) in [5, 5.41) is 2.88. The maximum absolute atomic E-state index is 12.2. The fourth-order valence-corrected chi connectivity index (χ4v) is 3.43. The molecule has 1 N–H and O–H groups in total. The van der Waals surface area contributed by atoms with Gasteiger partial charge in [-0.3, -0.25) is 4.79 Å². The summed E-state index contributed by atoms with van der Waals surface area (Å²) < 4.78 is 17.8. The van der Waals surface area contributed by atoms with Crippen LogP contribution in [0.5, 0.6) is 17.2 Å². The molecule has 31 heavy (non-hydrogen) atoms. The fraction of sp³-hybridized carbons (Fsp3) is 0.480. The largest absolute Gasteiger partial charge is 0.493 e. The van der Waals surface area contributed by atoms with E-state index in [2.05, 4.69) is 55.0 Å². The zero-order valence-electron chi connectivity index (χ0n) is 19.2. The number of methoxy groups -OCH3 is 1. The molecule has 0 aromatic heterocycles. The molecule has 0 aliphatic carbocycles. The molecule has 1 amide bonds. The first-order valence-electron chi connectivity index (χ1n) is 10.8. The lowest BCUT2D eigenvalue weighted by Crippen LogP contribution is -2.28. The lowest BCUT2D eigenvalue weighted by molar-refractivity contribution is -0.123. The maximum atomic E-state index is 12.2. The smallest absolute Gasteiger partial charge is 0.258 e. The number of rotatable bonds is 12. The van der Waals surface area contributed by atoms with Crippen molar-refractivity contribution in [2.75, 3.05) is 20.3 Å². The van der Waals surface area contributed by atoms with Crippen molar-refractivity contribution in [2.24, 2.45) is 5.92 Å². The highest BCUT2D eigenvalue weighted by Crippen LogP contribution is 2.30. The number of ether oxygens (including phenoxy) is 3. The summed E-state index contributed by atoms with van der Waals surface area (Å²) in [5.41, 5.74) is 2.18. The minimum Gasteiger partial charge on any atom is -0.493 e. The van der Waals surface area contributed by atoms with E-state index in [-0.39, 0.29) is 12.5 Å². The van der Waals surface area contributed by atoms with Crippen LogP contribution in [-0.2, 0) is 11.3 Å². The molecule has 170 valence electrons. The third-order valence-corrected chi connectivity index (χ3v) is 5.79. The minimum absolute atomic E-state index is 0.0468. The van der Waals surface area contributed by atoms with Gasteiger partial charge >= 0.3 is 0 Å². The highest BCUT2D eigenvalue weighted by molar-refractivity contribution is 9.10. The van der Waals surface area contributed by atoms with Gasteiger partial charge in [-0.05, 0) is 76.0 Å².